The Morgan fingerprint density at radius 3 is 2.74 bits per heavy atom. The van der Waals surface area contributed by atoms with Gasteiger partial charge in [0.15, 0.2) is 11.3 Å². The van der Waals surface area contributed by atoms with Crippen molar-refractivity contribution in [2.45, 2.75) is 56.9 Å². The highest BCUT2D eigenvalue weighted by Crippen LogP contribution is 2.47. The number of ether oxygens (including phenoxy) is 1. The maximum Gasteiger partial charge on any atom is 0.413 e. The Balaban J connectivity index is 1.87. The topological polar surface area (TPSA) is 62.9 Å². The summed E-state index contributed by atoms with van der Waals surface area (Å²) < 4.78 is 10.8. The van der Waals surface area contributed by atoms with Crippen molar-refractivity contribution < 1.29 is 19.1 Å². The Hall–Kier alpha value is -1.49. The smallest absolute Gasteiger partial charge is 0.413 e. The summed E-state index contributed by atoms with van der Waals surface area (Å²) in [5, 5.41) is 10.8. The van der Waals surface area contributed by atoms with E-state index in [9.17, 15) is 9.90 Å². The summed E-state index contributed by atoms with van der Waals surface area (Å²) in [5.74, 6) is 0.644. The molecule has 2 heterocycles. The molecular weight excluding hydrogens is 246 g/mol. The van der Waals surface area contributed by atoms with E-state index in [4.69, 9.17) is 9.15 Å². The first kappa shape index (κ1) is 12.5. The van der Waals surface area contributed by atoms with E-state index in [2.05, 4.69) is 0 Å². The lowest BCUT2D eigenvalue weighted by Crippen LogP contribution is -2.56. The molecule has 1 aliphatic heterocycles. The molecule has 1 spiro atoms. The van der Waals surface area contributed by atoms with Crippen molar-refractivity contribution in [3.63, 3.8) is 0 Å². The molecule has 3 rings (SSSR count). The van der Waals surface area contributed by atoms with Gasteiger partial charge < -0.3 is 14.3 Å². The minimum absolute atomic E-state index is 0.237. The van der Waals surface area contributed by atoms with Crippen LogP contribution in [0.15, 0.2) is 22.8 Å². The van der Waals surface area contributed by atoms with Crippen LogP contribution < -0.4 is 0 Å². The fourth-order valence-corrected chi connectivity index (χ4v) is 3.22. The van der Waals surface area contributed by atoms with Crippen LogP contribution in [-0.2, 0) is 11.3 Å². The van der Waals surface area contributed by atoms with Crippen molar-refractivity contribution in [2.24, 2.45) is 0 Å². The zero-order valence-corrected chi connectivity index (χ0v) is 11.1. The lowest BCUT2D eigenvalue weighted by atomic mass is 9.77. The number of aliphatic hydroxyl groups is 1. The van der Waals surface area contributed by atoms with Crippen molar-refractivity contribution >= 4 is 6.09 Å². The molecule has 2 fully saturated rings. The van der Waals surface area contributed by atoms with Gasteiger partial charge in [0.1, 0.15) is 5.76 Å². The Morgan fingerprint density at radius 2 is 2.11 bits per heavy atom. The fraction of sp³-hybridized carbons (Fsp3) is 0.643. The van der Waals surface area contributed by atoms with Gasteiger partial charge in [-0.05, 0) is 44.7 Å². The summed E-state index contributed by atoms with van der Waals surface area (Å²) in [6.07, 6.45) is 5.65. The molecule has 1 N–H and O–H groups in total. The SMILES string of the molecule is C[C@]1(O)N(Cc2ccco2)C(=O)OC12CCCCC2. The number of carbonyl (C=O) groups excluding carboxylic acids is 1. The van der Waals surface area contributed by atoms with Gasteiger partial charge in [0, 0.05) is 0 Å². The van der Waals surface area contributed by atoms with Gasteiger partial charge in [-0.1, -0.05) is 6.42 Å². The molecule has 1 aromatic rings. The third-order valence-electron chi connectivity index (χ3n) is 4.45. The second kappa shape index (κ2) is 4.27. The summed E-state index contributed by atoms with van der Waals surface area (Å²) in [5.41, 5.74) is -2.04. The van der Waals surface area contributed by atoms with Gasteiger partial charge in [-0.3, -0.25) is 4.90 Å². The van der Waals surface area contributed by atoms with E-state index >= 15 is 0 Å². The Labute approximate surface area is 112 Å². The third-order valence-corrected chi connectivity index (χ3v) is 4.45. The second-order valence-electron chi connectivity index (χ2n) is 5.61. The number of hydrogen-bond donors (Lipinski definition) is 1. The van der Waals surface area contributed by atoms with E-state index in [1.807, 2.05) is 0 Å². The highest BCUT2D eigenvalue weighted by atomic mass is 16.6. The van der Waals surface area contributed by atoms with Crippen molar-refractivity contribution in [3.8, 4) is 0 Å². The number of amides is 1. The third kappa shape index (κ3) is 1.84. The number of furan rings is 1. The molecule has 1 saturated carbocycles. The van der Waals surface area contributed by atoms with Crippen LogP contribution in [-0.4, -0.2) is 27.4 Å². The van der Waals surface area contributed by atoms with Gasteiger partial charge in [0.25, 0.3) is 0 Å². The molecule has 2 aliphatic rings. The Kier molecular flexibility index (Phi) is 2.82. The number of hydrogen-bond acceptors (Lipinski definition) is 4. The van der Waals surface area contributed by atoms with Gasteiger partial charge >= 0.3 is 6.09 Å². The number of carbonyl (C=O) groups is 1. The maximum absolute atomic E-state index is 12.1. The van der Waals surface area contributed by atoms with E-state index in [1.165, 1.54) is 4.90 Å². The van der Waals surface area contributed by atoms with Crippen LogP contribution in [0, 0.1) is 0 Å². The van der Waals surface area contributed by atoms with Gasteiger partial charge in [0.2, 0.25) is 0 Å². The molecule has 1 aromatic heterocycles. The maximum atomic E-state index is 12.1. The number of rotatable bonds is 2. The van der Waals surface area contributed by atoms with Crippen LogP contribution in [0.25, 0.3) is 0 Å². The van der Waals surface area contributed by atoms with E-state index in [0.29, 0.717) is 5.76 Å². The monoisotopic (exact) mass is 265 g/mol. The molecule has 5 heteroatoms. The minimum Gasteiger partial charge on any atom is -0.467 e. The zero-order valence-electron chi connectivity index (χ0n) is 11.1. The summed E-state index contributed by atoms with van der Waals surface area (Å²) in [7, 11) is 0. The standard InChI is InChI=1S/C14H19NO4/c1-13(17)14(7-3-2-4-8-14)19-12(16)15(13)10-11-6-5-9-18-11/h5-6,9,17H,2-4,7-8,10H2,1H3/t13-/m1/s1. The fourth-order valence-electron chi connectivity index (χ4n) is 3.22. The minimum atomic E-state index is -1.28. The summed E-state index contributed by atoms with van der Waals surface area (Å²) >= 11 is 0. The van der Waals surface area contributed by atoms with Crippen molar-refractivity contribution in [1.82, 2.24) is 4.90 Å². The summed E-state index contributed by atoms with van der Waals surface area (Å²) in [6.45, 7) is 1.91. The lowest BCUT2D eigenvalue weighted by Gasteiger charge is -2.41. The van der Waals surface area contributed by atoms with Crippen molar-refractivity contribution in [1.29, 1.82) is 0 Å². The Morgan fingerprint density at radius 1 is 1.37 bits per heavy atom. The lowest BCUT2D eigenvalue weighted by molar-refractivity contribution is -0.161. The molecule has 104 valence electrons. The number of nitrogens with zero attached hydrogens (tertiary/aromatic N) is 1. The normalized spacial score (nSPS) is 29.8. The molecule has 19 heavy (non-hydrogen) atoms. The molecule has 1 aliphatic carbocycles. The molecule has 1 atom stereocenters. The molecule has 0 radical (unpaired) electrons. The van der Waals surface area contributed by atoms with Crippen LogP contribution in [0.3, 0.4) is 0 Å². The van der Waals surface area contributed by atoms with Gasteiger partial charge in [-0.2, -0.15) is 0 Å². The van der Waals surface area contributed by atoms with Crippen LogP contribution in [0.5, 0.6) is 0 Å². The second-order valence-corrected chi connectivity index (χ2v) is 5.61. The van der Waals surface area contributed by atoms with E-state index in [0.717, 1.165) is 32.1 Å². The first-order chi connectivity index (χ1) is 9.05. The highest BCUT2D eigenvalue weighted by Gasteiger charge is 2.61. The predicted molar refractivity (Wildman–Crippen MR) is 67.2 cm³/mol. The van der Waals surface area contributed by atoms with E-state index in [-0.39, 0.29) is 6.54 Å². The first-order valence-corrected chi connectivity index (χ1v) is 6.81. The average molecular weight is 265 g/mol. The zero-order chi connectivity index (χ0) is 13.5. The van der Waals surface area contributed by atoms with Gasteiger partial charge in [0.05, 0.1) is 12.8 Å². The first-order valence-electron chi connectivity index (χ1n) is 6.81. The molecule has 1 saturated heterocycles. The largest absolute Gasteiger partial charge is 0.467 e. The van der Waals surface area contributed by atoms with Crippen LogP contribution in [0.1, 0.15) is 44.8 Å². The Bertz CT molecular complexity index is 460. The predicted octanol–water partition coefficient (Wildman–Crippen LogP) is 2.64. The highest BCUT2D eigenvalue weighted by molar-refractivity contribution is 5.72. The summed E-state index contributed by atoms with van der Waals surface area (Å²) in [4.78, 5) is 13.5. The van der Waals surface area contributed by atoms with Crippen molar-refractivity contribution in [3.05, 3.63) is 24.2 Å². The van der Waals surface area contributed by atoms with Crippen LogP contribution in [0.2, 0.25) is 0 Å². The van der Waals surface area contributed by atoms with E-state index < -0.39 is 17.4 Å². The molecule has 0 unspecified atom stereocenters. The quantitative estimate of drug-likeness (QED) is 0.893. The van der Waals surface area contributed by atoms with Crippen LogP contribution >= 0.6 is 0 Å². The van der Waals surface area contributed by atoms with E-state index in [1.54, 1.807) is 25.3 Å². The molecule has 0 bridgehead atoms. The van der Waals surface area contributed by atoms with Gasteiger partial charge in [-0.15, -0.1) is 0 Å². The molecule has 0 aromatic carbocycles. The van der Waals surface area contributed by atoms with Crippen molar-refractivity contribution in [2.75, 3.05) is 0 Å². The van der Waals surface area contributed by atoms with Crippen LogP contribution in [0.4, 0.5) is 4.79 Å². The van der Waals surface area contributed by atoms with Gasteiger partial charge in [-0.25, -0.2) is 4.79 Å². The molecular formula is C14H19NO4. The summed E-state index contributed by atoms with van der Waals surface area (Å²) in [6, 6.07) is 3.55. The molecule has 1 amide bonds. The average Bonchev–Trinajstić information content (AvgIpc) is 2.94. The molecule has 5 nitrogen and oxygen atoms in total.